The topological polar surface area (TPSA) is 12.9 Å². The van der Waals surface area contributed by atoms with Crippen LogP contribution >= 0.6 is 0 Å². The number of pyridine rings is 1. The fraction of sp³-hybridized carbons (Fsp3) is 0.773. The molecule has 130 valence electrons. The fourth-order valence-corrected chi connectivity index (χ4v) is 4.68. The minimum absolute atomic E-state index is 0.549. The van der Waals surface area contributed by atoms with Crippen molar-refractivity contribution in [3.05, 3.63) is 28.6 Å². The number of aromatic nitrogens is 1. The minimum atomic E-state index is 0.549. The third-order valence-electron chi connectivity index (χ3n) is 6.78. The minimum Gasteiger partial charge on any atom is -0.261 e. The average molecular weight is 316 g/mol. The average Bonchev–Trinajstić information content (AvgIpc) is 2.48. The second kappa shape index (κ2) is 6.95. The highest BCUT2D eigenvalue weighted by Gasteiger charge is 2.36. The van der Waals surface area contributed by atoms with Crippen molar-refractivity contribution in [1.29, 1.82) is 0 Å². The fourth-order valence-electron chi connectivity index (χ4n) is 4.68. The molecule has 0 N–H and O–H groups in total. The Balaban J connectivity index is 2.76. The maximum atomic E-state index is 4.81. The van der Waals surface area contributed by atoms with E-state index in [1.165, 1.54) is 17.7 Å². The predicted octanol–water partition coefficient (Wildman–Crippen LogP) is 6.67. The van der Waals surface area contributed by atoms with Gasteiger partial charge in [-0.2, -0.15) is 0 Å². The van der Waals surface area contributed by atoms with Crippen LogP contribution in [0, 0.1) is 30.6 Å². The lowest BCUT2D eigenvalue weighted by atomic mass is 9.64. The molecule has 2 rings (SSSR count). The number of hydrogen-bond acceptors (Lipinski definition) is 1. The number of nitrogens with zero attached hydrogens (tertiary/aromatic N) is 1. The van der Waals surface area contributed by atoms with Crippen LogP contribution < -0.4 is 0 Å². The predicted molar refractivity (Wildman–Crippen MR) is 101 cm³/mol. The Kier molecular flexibility index (Phi) is 5.59. The third-order valence-corrected chi connectivity index (χ3v) is 6.78. The molecule has 1 unspecified atom stereocenters. The summed E-state index contributed by atoms with van der Waals surface area (Å²) in [6, 6.07) is 0. The van der Waals surface area contributed by atoms with Gasteiger partial charge < -0.3 is 0 Å². The summed E-state index contributed by atoms with van der Waals surface area (Å²) < 4.78 is 0. The van der Waals surface area contributed by atoms with Crippen molar-refractivity contribution in [2.45, 2.75) is 86.5 Å². The van der Waals surface area contributed by atoms with Crippen molar-refractivity contribution in [3.8, 4) is 0 Å². The summed E-state index contributed by atoms with van der Waals surface area (Å²) in [5.74, 6) is 4.74. The van der Waals surface area contributed by atoms with Gasteiger partial charge in [0.15, 0.2) is 0 Å². The molecule has 1 aliphatic carbocycles. The Morgan fingerprint density at radius 1 is 0.957 bits per heavy atom. The van der Waals surface area contributed by atoms with Gasteiger partial charge in [0.05, 0.1) is 0 Å². The van der Waals surface area contributed by atoms with Crippen molar-refractivity contribution in [2.24, 2.45) is 23.7 Å². The second-order valence-corrected chi connectivity index (χ2v) is 8.85. The van der Waals surface area contributed by atoms with Gasteiger partial charge >= 0.3 is 0 Å². The van der Waals surface area contributed by atoms with E-state index in [2.05, 4.69) is 68.5 Å². The van der Waals surface area contributed by atoms with Crippen molar-refractivity contribution in [3.63, 3.8) is 0 Å². The molecule has 0 fully saturated rings. The summed E-state index contributed by atoms with van der Waals surface area (Å²) in [6.07, 6.45) is 3.48. The SMILES string of the molecule is Cc1ncc(C(C)C)c2c1[C@H](C)[C@H](C)[C@H](C)[C@H](C)CC2C(C)C. The highest BCUT2D eigenvalue weighted by atomic mass is 14.7. The molecule has 1 heteroatoms. The van der Waals surface area contributed by atoms with Crippen LogP contribution in [0.1, 0.15) is 102 Å². The Labute approximate surface area is 144 Å². The van der Waals surface area contributed by atoms with Crippen molar-refractivity contribution in [2.75, 3.05) is 0 Å². The molecular formula is C22H37N. The molecule has 0 saturated carbocycles. The molecule has 1 heterocycles. The molecule has 1 aliphatic rings. The molecule has 1 aromatic rings. The molecule has 1 aromatic heterocycles. The molecule has 0 radical (unpaired) electrons. The van der Waals surface area contributed by atoms with Gasteiger partial charge in [-0.3, -0.25) is 4.98 Å². The van der Waals surface area contributed by atoms with Gasteiger partial charge in [0.2, 0.25) is 0 Å². The van der Waals surface area contributed by atoms with Gasteiger partial charge in [-0.1, -0.05) is 55.4 Å². The zero-order valence-electron chi connectivity index (χ0n) is 16.8. The van der Waals surface area contributed by atoms with Gasteiger partial charge in [0.25, 0.3) is 0 Å². The summed E-state index contributed by atoms with van der Waals surface area (Å²) in [5.41, 5.74) is 5.98. The standard InChI is InChI=1S/C22H37N/c1-12(2)19-10-14(5)15(6)16(7)17(8)21-18(9)23-11-20(13(3)4)22(19)21/h11-17,19H,10H2,1-9H3/t14-,15-,16-,17-,19?/m1/s1. The molecule has 5 atom stereocenters. The summed E-state index contributed by atoms with van der Waals surface area (Å²) in [5, 5.41) is 0. The van der Waals surface area contributed by atoms with Crippen molar-refractivity contribution < 1.29 is 0 Å². The largest absolute Gasteiger partial charge is 0.261 e. The van der Waals surface area contributed by atoms with E-state index in [9.17, 15) is 0 Å². The molecule has 23 heavy (non-hydrogen) atoms. The van der Waals surface area contributed by atoms with E-state index in [0.29, 0.717) is 29.6 Å². The smallest absolute Gasteiger partial charge is 0.0410 e. The molecule has 0 saturated heterocycles. The van der Waals surface area contributed by atoms with Gasteiger partial charge in [-0.05, 0) is 71.5 Å². The van der Waals surface area contributed by atoms with Gasteiger partial charge in [0.1, 0.15) is 0 Å². The van der Waals surface area contributed by atoms with E-state index >= 15 is 0 Å². The normalized spacial score (nSPS) is 31.9. The van der Waals surface area contributed by atoms with Crippen LogP contribution in [0.2, 0.25) is 0 Å². The van der Waals surface area contributed by atoms with Crippen LogP contribution in [0.5, 0.6) is 0 Å². The highest BCUT2D eigenvalue weighted by Crippen LogP contribution is 2.48. The van der Waals surface area contributed by atoms with Crippen LogP contribution in [-0.4, -0.2) is 4.98 Å². The maximum Gasteiger partial charge on any atom is 0.0410 e. The highest BCUT2D eigenvalue weighted by molar-refractivity contribution is 5.43. The number of fused-ring (bicyclic) bond motifs is 1. The Bertz CT molecular complexity index is 543. The monoisotopic (exact) mass is 315 g/mol. The number of rotatable bonds is 2. The van der Waals surface area contributed by atoms with Gasteiger partial charge in [-0.25, -0.2) is 0 Å². The van der Waals surface area contributed by atoms with E-state index in [4.69, 9.17) is 4.98 Å². The summed E-state index contributed by atoms with van der Waals surface area (Å²) in [7, 11) is 0. The lowest BCUT2D eigenvalue weighted by Gasteiger charge is -2.41. The molecule has 1 nitrogen and oxygen atoms in total. The zero-order valence-corrected chi connectivity index (χ0v) is 16.8. The Hall–Kier alpha value is -0.850. The van der Waals surface area contributed by atoms with Gasteiger partial charge in [0, 0.05) is 11.9 Å². The van der Waals surface area contributed by atoms with E-state index < -0.39 is 0 Å². The number of aryl methyl sites for hydroxylation is 1. The Morgan fingerprint density at radius 2 is 1.57 bits per heavy atom. The van der Waals surface area contributed by atoms with E-state index in [1.54, 1.807) is 11.1 Å². The lowest BCUT2D eigenvalue weighted by Crippen LogP contribution is -2.30. The van der Waals surface area contributed by atoms with Crippen molar-refractivity contribution >= 4 is 0 Å². The summed E-state index contributed by atoms with van der Waals surface area (Å²) in [4.78, 5) is 4.81. The molecule has 0 bridgehead atoms. The Morgan fingerprint density at radius 3 is 2.09 bits per heavy atom. The quantitative estimate of drug-likeness (QED) is 0.594. The van der Waals surface area contributed by atoms with Gasteiger partial charge in [-0.15, -0.1) is 0 Å². The first-order valence-corrected chi connectivity index (χ1v) is 9.66. The first kappa shape index (κ1) is 18.5. The third kappa shape index (κ3) is 3.35. The van der Waals surface area contributed by atoms with Crippen LogP contribution in [0.25, 0.3) is 0 Å². The van der Waals surface area contributed by atoms with Crippen molar-refractivity contribution in [1.82, 2.24) is 4.98 Å². The molecule has 0 spiro atoms. The number of hydrogen-bond donors (Lipinski definition) is 0. The van der Waals surface area contributed by atoms with E-state index in [0.717, 1.165) is 11.8 Å². The lowest BCUT2D eigenvalue weighted by molar-refractivity contribution is 0.206. The maximum absolute atomic E-state index is 4.81. The summed E-state index contributed by atoms with van der Waals surface area (Å²) >= 11 is 0. The first-order chi connectivity index (χ1) is 10.7. The summed E-state index contributed by atoms with van der Waals surface area (Å²) in [6.45, 7) is 21.5. The molecule has 0 amide bonds. The van der Waals surface area contributed by atoms with Crippen LogP contribution in [0.15, 0.2) is 6.20 Å². The molecular weight excluding hydrogens is 278 g/mol. The van der Waals surface area contributed by atoms with E-state index in [-0.39, 0.29) is 0 Å². The second-order valence-electron chi connectivity index (χ2n) is 8.85. The van der Waals surface area contributed by atoms with Crippen LogP contribution in [-0.2, 0) is 0 Å². The van der Waals surface area contributed by atoms with Crippen LogP contribution in [0.3, 0.4) is 0 Å². The first-order valence-electron chi connectivity index (χ1n) is 9.66. The molecule has 0 aliphatic heterocycles. The van der Waals surface area contributed by atoms with E-state index in [1.807, 2.05) is 0 Å². The van der Waals surface area contributed by atoms with Crippen LogP contribution in [0.4, 0.5) is 0 Å². The molecule has 0 aromatic carbocycles. The zero-order chi connectivity index (χ0) is 17.5.